The summed E-state index contributed by atoms with van der Waals surface area (Å²) in [6, 6.07) is 1.58. The van der Waals surface area contributed by atoms with E-state index in [0.717, 1.165) is 19.3 Å². The fourth-order valence-electron chi connectivity index (χ4n) is 2.21. The van der Waals surface area contributed by atoms with Crippen molar-refractivity contribution in [2.45, 2.75) is 37.7 Å². The van der Waals surface area contributed by atoms with E-state index in [0.29, 0.717) is 24.1 Å². The second-order valence-corrected chi connectivity index (χ2v) is 4.38. The molecule has 0 aromatic carbocycles. The molecule has 1 aromatic rings. The van der Waals surface area contributed by atoms with Gasteiger partial charge in [-0.2, -0.15) is 0 Å². The van der Waals surface area contributed by atoms with Crippen LogP contribution in [0, 0.1) is 0 Å². The lowest BCUT2D eigenvalue weighted by atomic mass is 9.79. The maximum atomic E-state index is 12.2. The van der Waals surface area contributed by atoms with Crippen molar-refractivity contribution in [2.24, 2.45) is 0 Å². The number of carbonyl (C=O) groups is 1. The number of rotatable bonds is 2. The predicted octanol–water partition coefficient (Wildman–Crippen LogP) is 1.54. The van der Waals surface area contributed by atoms with Gasteiger partial charge in [0.05, 0.1) is 5.56 Å². The lowest BCUT2D eigenvalue weighted by molar-refractivity contribution is 0.0117. The third-order valence-corrected chi connectivity index (χ3v) is 3.20. The van der Waals surface area contributed by atoms with E-state index in [4.69, 9.17) is 5.73 Å². The molecule has 0 aliphatic heterocycles. The number of aromatic nitrogens is 1. The number of carbonyl (C=O) groups excluding carboxylic acids is 1. The lowest BCUT2D eigenvalue weighted by Crippen LogP contribution is -2.40. The Kier molecular flexibility index (Phi) is 2.92. The van der Waals surface area contributed by atoms with Gasteiger partial charge in [-0.25, -0.2) is 0 Å². The van der Waals surface area contributed by atoms with Gasteiger partial charge in [0.1, 0.15) is 5.60 Å². The molecule has 1 aliphatic rings. The Hall–Kier alpha value is -1.42. The van der Waals surface area contributed by atoms with Crippen LogP contribution in [0.3, 0.4) is 0 Å². The molecule has 1 aromatic heterocycles. The number of pyridine rings is 1. The minimum Gasteiger partial charge on any atom is -0.398 e. The molecule has 0 amide bonds. The van der Waals surface area contributed by atoms with Crippen LogP contribution in [0.1, 0.15) is 42.5 Å². The van der Waals surface area contributed by atoms with Crippen LogP contribution >= 0.6 is 0 Å². The highest BCUT2D eigenvalue weighted by atomic mass is 16.3. The molecule has 4 nitrogen and oxygen atoms in total. The topological polar surface area (TPSA) is 76.2 Å². The highest BCUT2D eigenvalue weighted by Gasteiger charge is 2.38. The summed E-state index contributed by atoms with van der Waals surface area (Å²) in [5.74, 6) is -0.280. The summed E-state index contributed by atoms with van der Waals surface area (Å²) >= 11 is 0. The Morgan fingerprint density at radius 2 is 2.06 bits per heavy atom. The molecule has 4 heteroatoms. The zero-order chi connectivity index (χ0) is 11.6. The van der Waals surface area contributed by atoms with Crippen molar-refractivity contribution in [1.29, 1.82) is 0 Å². The molecule has 0 unspecified atom stereocenters. The first kappa shape index (κ1) is 11.1. The Morgan fingerprint density at radius 3 is 2.69 bits per heavy atom. The number of nitrogens with two attached hydrogens (primary N) is 1. The number of Topliss-reactive ketones (excluding diaryl/α,β-unsaturated/α-hetero) is 1. The van der Waals surface area contributed by atoms with Gasteiger partial charge in [0, 0.05) is 18.1 Å². The smallest absolute Gasteiger partial charge is 0.197 e. The molecule has 1 aliphatic carbocycles. The van der Waals surface area contributed by atoms with Gasteiger partial charge in [-0.05, 0) is 18.9 Å². The third-order valence-electron chi connectivity index (χ3n) is 3.20. The average molecular weight is 220 g/mol. The SMILES string of the molecule is Nc1ccncc1C(=O)C1(O)CCCCC1. The van der Waals surface area contributed by atoms with Crippen LogP contribution in [0.5, 0.6) is 0 Å². The Labute approximate surface area is 94.5 Å². The fraction of sp³-hybridized carbons (Fsp3) is 0.500. The van der Waals surface area contributed by atoms with Crippen molar-refractivity contribution < 1.29 is 9.90 Å². The van der Waals surface area contributed by atoms with Crippen molar-refractivity contribution in [2.75, 3.05) is 5.73 Å². The zero-order valence-electron chi connectivity index (χ0n) is 9.15. The van der Waals surface area contributed by atoms with Gasteiger partial charge < -0.3 is 10.8 Å². The summed E-state index contributed by atoms with van der Waals surface area (Å²) in [4.78, 5) is 16.1. The number of hydrogen-bond donors (Lipinski definition) is 2. The molecule has 0 spiro atoms. The van der Waals surface area contributed by atoms with Crippen LogP contribution in [0.25, 0.3) is 0 Å². The number of nitrogen functional groups attached to an aromatic ring is 1. The van der Waals surface area contributed by atoms with Crippen LogP contribution in [0.2, 0.25) is 0 Å². The van der Waals surface area contributed by atoms with Gasteiger partial charge in [-0.3, -0.25) is 9.78 Å². The van der Waals surface area contributed by atoms with Gasteiger partial charge in [0.25, 0.3) is 0 Å². The molecule has 0 bridgehead atoms. The summed E-state index contributed by atoms with van der Waals surface area (Å²) in [6.07, 6.45) is 6.89. The molecular formula is C12H16N2O2. The minimum atomic E-state index is -1.23. The van der Waals surface area contributed by atoms with Crippen molar-refractivity contribution >= 4 is 11.5 Å². The van der Waals surface area contributed by atoms with E-state index in [1.165, 1.54) is 12.4 Å². The molecule has 16 heavy (non-hydrogen) atoms. The fourth-order valence-corrected chi connectivity index (χ4v) is 2.21. The van der Waals surface area contributed by atoms with Gasteiger partial charge in [0.15, 0.2) is 5.78 Å². The molecular weight excluding hydrogens is 204 g/mol. The monoisotopic (exact) mass is 220 g/mol. The highest BCUT2D eigenvalue weighted by Crippen LogP contribution is 2.32. The standard InChI is InChI=1S/C12H16N2O2/c13-10-4-7-14-8-9(10)11(15)12(16)5-2-1-3-6-12/h4,7-8,16H,1-3,5-6H2,(H2,13,14). The average Bonchev–Trinajstić information content (AvgIpc) is 2.30. The summed E-state index contributed by atoms with van der Waals surface area (Å²) in [7, 11) is 0. The molecule has 1 heterocycles. The van der Waals surface area contributed by atoms with Gasteiger partial charge in [0.2, 0.25) is 0 Å². The highest BCUT2D eigenvalue weighted by molar-refractivity contribution is 6.05. The third kappa shape index (κ3) is 1.93. The molecule has 2 rings (SSSR count). The van der Waals surface area contributed by atoms with E-state index in [1.54, 1.807) is 6.07 Å². The van der Waals surface area contributed by atoms with E-state index in [9.17, 15) is 9.90 Å². The van der Waals surface area contributed by atoms with Crippen molar-refractivity contribution in [3.63, 3.8) is 0 Å². The predicted molar refractivity (Wildman–Crippen MR) is 61.0 cm³/mol. The van der Waals surface area contributed by atoms with Crippen molar-refractivity contribution in [3.05, 3.63) is 24.0 Å². The van der Waals surface area contributed by atoms with Crippen molar-refractivity contribution in [3.8, 4) is 0 Å². The first-order chi connectivity index (χ1) is 7.63. The molecule has 1 saturated carbocycles. The van der Waals surface area contributed by atoms with E-state index in [2.05, 4.69) is 4.98 Å². The van der Waals surface area contributed by atoms with Crippen LogP contribution in [0.4, 0.5) is 5.69 Å². The molecule has 0 radical (unpaired) electrons. The summed E-state index contributed by atoms with van der Waals surface area (Å²) in [5, 5.41) is 10.3. The Balaban J connectivity index is 2.28. The number of nitrogens with zero attached hydrogens (tertiary/aromatic N) is 1. The molecule has 86 valence electrons. The van der Waals surface area contributed by atoms with E-state index in [1.807, 2.05) is 0 Å². The first-order valence-electron chi connectivity index (χ1n) is 5.60. The molecule has 3 N–H and O–H groups in total. The van der Waals surface area contributed by atoms with Crippen LogP contribution in [-0.4, -0.2) is 21.5 Å². The zero-order valence-corrected chi connectivity index (χ0v) is 9.15. The quantitative estimate of drug-likeness (QED) is 0.741. The lowest BCUT2D eigenvalue weighted by Gasteiger charge is -2.30. The normalized spacial score (nSPS) is 19.3. The van der Waals surface area contributed by atoms with E-state index in [-0.39, 0.29) is 5.78 Å². The van der Waals surface area contributed by atoms with Gasteiger partial charge in [-0.15, -0.1) is 0 Å². The number of ketones is 1. The molecule has 0 saturated heterocycles. The minimum absolute atomic E-state index is 0.280. The second kappa shape index (κ2) is 4.22. The maximum Gasteiger partial charge on any atom is 0.197 e. The van der Waals surface area contributed by atoms with Gasteiger partial charge in [-0.1, -0.05) is 19.3 Å². The largest absolute Gasteiger partial charge is 0.398 e. The molecule has 1 fully saturated rings. The Morgan fingerprint density at radius 1 is 1.38 bits per heavy atom. The van der Waals surface area contributed by atoms with Crippen LogP contribution in [-0.2, 0) is 0 Å². The second-order valence-electron chi connectivity index (χ2n) is 4.38. The van der Waals surface area contributed by atoms with Crippen LogP contribution in [0.15, 0.2) is 18.5 Å². The maximum absolute atomic E-state index is 12.2. The number of hydrogen-bond acceptors (Lipinski definition) is 4. The van der Waals surface area contributed by atoms with E-state index < -0.39 is 5.60 Å². The van der Waals surface area contributed by atoms with Crippen molar-refractivity contribution in [1.82, 2.24) is 4.98 Å². The summed E-state index contributed by atoms with van der Waals surface area (Å²) in [6.45, 7) is 0. The number of aliphatic hydroxyl groups is 1. The Bertz CT molecular complexity index is 398. The van der Waals surface area contributed by atoms with Crippen LogP contribution < -0.4 is 5.73 Å². The summed E-state index contributed by atoms with van der Waals surface area (Å²) in [5.41, 5.74) is 5.22. The molecule has 0 atom stereocenters. The van der Waals surface area contributed by atoms with E-state index >= 15 is 0 Å². The van der Waals surface area contributed by atoms with Gasteiger partial charge >= 0.3 is 0 Å². The first-order valence-corrected chi connectivity index (χ1v) is 5.60. The summed E-state index contributed by atoms with van der Waals surface area (Å²) < 4.78 is 0. The number of anilines is 1.